The summed E-state index contributed by atoms with van der Waals surface area (Å²) in [6.07, 6.45) is 0. The standard InChI is InChI=1S/C13H12F2N4S2/c1-7-6-9(11(16)20)19-13(17-7)18-8-4-2-3-5-10(8)21-12(14)15/h2-6,12H,1H3,(H2,16,20)(H,17,18,19). The van der Waals surface area contributed by atoms with Crippen molar-refractivity contribution >= 4 is 40.6 Å². The topological polar surface area (TPSA) is 63.8 Å². The monoisotopic (exact) mass is 326 g/mol. The molecule has 2 aromatic rings. The number of thiocarbonyl (C=S) groups is 1. The first-order chi connectivity index (χ1) is 9.95. The maximum absolute atomic E-state index is 12.5. The molecule has 8 heteroatoms. The Morgan fingerprint density at radius 2 is 2.05 bits per heavy atom. The molecule has 21 heavy (non-hydrogen) atoms. The lowest BCUT2D eigenvalue weighted by Crippen LogP contribution is -2.14. The number of rotatable bonds is 5. The van der Waals surface area contributed by atoms with Crippen LogP contribution < -0.4 is 11.1 Å². The number of aromatic nitrogens is 2. The van der Waals surface area contributed by atoms with Crippen molar-refractivity contribution < 1.29 is 8.78 Å². The molecule has 0 aliphatic heterocycles. The largest absolute Gasteiger partial charge is 0.388 e. The minimum atomic E-state index is -2.50. The van der Waals surface area contributed by atoms with Crippen molar-refractivity contribution in [1.82, 2.24) is 9.97 Å². The van der Waals surface area contributed by atoms with Gasteiger partial charge in [-0.2, -0.15) is 8.78 Å². The normalized spacial score (nSPS) is 10.7. The number of nitrogens with two attached hydrogens (primary N) is 1. The third-order valence-corrected chi connectivity index (χ3v) is 3.45. The summed E-state index contributed by atoms with van der Waals surface area (Å²) in [6.45, 7) is 1.77. The van der Waals surface area contributed by atoms with Crippen LogP contribution in [0.4, 0.5) is 20.4 Å². The highest BCUT2D eigenvalue weighted by atomic mass is 32.2. The molecule has 0 fully saturated rings. The van der Waals surface area contributed by atoms with Crippen LogP contribution in [0.2, 0.25) is 0 Å². The molecule has 4 nitrogen and oxygen atoms in total. The van der Waals surface area contributed by atoms with Crippen LogP contribution in [-0.2, 0) is 0 Å². The molecule has 0 bridgehead atoms. The van der Waals surface area contributed by atoms with Gasteiger partial charge in [-0.25, -0.2) is 9.97 Å². The Balaban J connectivity index is 2.32. The molecule has 0 amide bonds. The molecule has 0 aliphatic carbocycles. The number of thioether (sulfide) groups is 1. The van der Waals surface area contributed by atoms with Gasteiger partial charge in [0.1, 0.15) is 10.7 Å². The lowest BCUT2D eigenvalue weighted by Gasteiger charge is -2.11. The van der Waals surface area contributed by atoms with Gasteiger partial charge in [-0.15, -0.1) is 0 Å². The number of nitrogens with one attached hydrogen (secondary N) is 1. The first-order valence-corrected chi connectivity index (χ1v) is 7.21. The molecule has 1 aromatic heterocycles. The Morgan fingerprint density at radius 3 is 2.71 bits per heavy atom. The van der Waals surface area contributed by atoms with Crippen LogP contribution in [0.3, 0.4) is 0 Å². The van der Waals surface area contributed by atoms with Gasteiger partial charge in [0.2, 0.25) is 5.95 Å². The summed E-state index contributed by atoms with van der Waals surface area (Å²) in [6, 6.07) is 8.36. The summed E-state index contributed by atoms with van der Waals surface area (Å²) >= 11 is 5.34. The summed E-state index contributed by atoms with van der Waals surface area (Å²) in [5.74, 6) is -2.24. The van der Waals surface area contributed by atoms with Crippen molar-refractivity contribution in [2.75, 3.05) is 5.32 Å². The predicted octanol–water partition coefficient (Wildman–Crippen LogP) is 3.48. The lowest BCUT2D eigenvalue weighted by atomic mass is 10.3. The molecule has 2 rings (SSSR count). The van der Waals surface area contributed by atoms with Gasteiger partial charge in [-0.1, -0.05) is 36.1 Å². The van der Waals surface area contributed by atoms with E-state index in [1.54, 1.807) is 37.3 Å². The van der Waals surface area contributed by atoms with Crippen molar-refractivity contribution in [2.24, 2.45) is 5.73 Å². The fourth-order valence-corrected chi connectivity index (χ4v) is 2.34. The summed E-state index contributed by atoms with van der Waals surface area (Å²) in [7, 11) is 0. The van der Waals surface area contributed by atoms with Crippen molar-refractivity contribution in [3.63, 3.8) is 0 Å². The van der Waals surface area contributed by atoms with Crippen LogP contribution in [-0.4, -0.2) is 20.7 Å². The van der Waals surface area contributed by atoms with E-state index in [0.717, 1.165) is 0 Å². The number of nitrogens with zero attached hydrogens (tertiary/aromatic N) is 2. The number of alkyl halides is 2. The number of benzene rings is 1. The number of halogens is 2. The summed E-state index contributed by atoms with van der Waals surface area (Å²) in [5.41, 5.74) is 7.16. The molecule has 1 aromatic carbocycles. The first kappa shape index (κ1) is 15.6. The maximum atomic E-state index is 12.5. The highest BCUT2D eigenvalue weighted by molar-refractivity contribution is 7.99. The Labute approximate surface area is 130 Å². The van der Waals surface area contributed by atoms with Crippen LogP contribution in [0.5, 0.6) is 0 Å². The van der Waals surface area contributed by atoms with Crippen LogP contribution in [0.15, 0.2) is 35.2 Å². The summed E-state index contributed by atoms with van der Waals surface area (Å²) in [5, 5.41) is 2.92. The zero-order valence-electron chi connectivity index (χ0n) is 11.0. The summed E-state index contributed by atoms with van der Waals surface area (Å²) < 4.78 is 25.1. The fourth-order valence-electron chi connectivity index (χ4n) is 1.64. The maximum Gasteiger partial charge on any atom is 0.288 e. The molecular weight excluding hydrogens is 314 g/mol. The van der Waals surface area contributed by atoms with E-state index in [4.69, 9.17) is 18.0 Å². The molecule has 0 aliphatic rings. The fraction of sp³-hybridized carbons (Fsp3) is 0.154. The van der Waals surface area contributed by atoms with Gasteiger partial charge in [0.25, 0.3) is 5.76 Å². The zero-order chi connectivity index (χ0) is 15.4. The Bertz CT molecular complexity index is 664. The van der Waals surface area contributed by atoms with Crippen LogP contribution >= 0.6 is 24.0 Å². The van der Waals surface area contributed by atoms with Crippen molar-refractivity contribution in [3.8, 4) is 0 Å². The molecule has 0 radical (unpaired) electrons. The van der Waals surface area contributed by atoms with E-state index >= 15 is 0 Å². The van der Waals surface area contributed by atoms with E-state index in [1.165, 1.54) is 0 Å². The molecule has 1 heterocycles. The number of para-hydroxylation sites is 1. The van der Waals surface area contributed by atoms with E-state index in [1.807, 2.05) is 0 Å². The van der Waals surface area contributed by atoms with E-state index in [-0.39, 0.29) is 10.9 Å². The SMILES string of the molecule is Cc1cc(C(N)=S)nc(Nc2ccccc2SC(F)F)n1. The average molecular weight is 326 g/mol. The second-order valence-corrected chi connectivity index (χ2v) is 5.55. The Hall–Kier alpha value is -1.80. The Kier molecular flexibility index (Phi) is 5.03. The molecular formula is C13H12F2N4S2. The number of aryl methyl sites for hydroxylation is 1. The second-order valence-electron chi connectivity index (χ2n) is 4.08. The minimum Gasteiger partial charge on any atom is -0.388 e. The zero-order valence-corrected chi connectivity index (χ0v) is 12.6. The number of anilines is 2. The minimum absolute atomic E-state index is 0.152. The third-order valence-electron chi connectivity index (χ3n) is 2.46. The van der Waals surface area contributed by atoms with E-state index in [0.29, 0.717) is 33.7 Å². The van der Waals surface area contributed by atoms with Crippen LogP contribution in [0, 0.1) is 6.92 Å². The van der Waals surface area contributed by atoms with Gasteiger partial charge < -0.3 is 11.1 Å². The molecule has 0 saturated carbocycles. The number of hydrogen-bond acceptors (Lipinski definition) is 5. The highest BCUT2D eigenvalue weighted by Crippen LogP contribution is 2.32. The van der Waals surface area contributed by atoms with Gasteiger partial charge >= 0.3 is 0 Å². The summed E-state index contributed by atoms with van der Waals surface area (Å²) in [4.78, 5) is 8.92. The molecule has 0 unspecified atom stereocenters. The smallest absolute Gasteiger partial charge is 0.288 e. The first-order valence-electron chi connectivity index (χ1n) is 5.92. The molecule has 3 N–H and O–H groups in total. The second kappa shape index (κ2) is 6.77. The quantitative estimate of drug-likeness (QED) is 0.648. The Morgan fingerprint density at radius 1 is 1.33 bits per heavy atom. The van der Waals surface area contributed by atoms with E-state index in [9.17, 15) is 8.78 Å². The lowest BCUT2D eigenvalue weighted by molar-refractivity contribution is 0.252. The van der Waals surface area contributed by atoms with E-state index in [2.05, 4.69) is 15.3 Å². The van der Waals surface area contributed by atoms with Crippen molar-refractivity contribution in [2.45, 2.75) is 17.6 Å². The molecule has 0 spiro atoms. The predicted molar refractivity (Wildman–Crippen MR) is 84.2 cm³/mol. The van der Waals surface area contributed by atoms with Crippen LogP contribution in [0.25, 0.3) is 0 Å². The van der Waals surface area contributed by atoms with Crippen LogP contribution in [0.1, 0.15) is 11.4 Å². The van der Waals surface area contributed by atoms with E-state index < -0.39 is 5.76 Å². The molecule has 110 valence electrons. The van der Waals surface area contributed by atoms with Gasteiger partial charge in [-0.3, -0.25) is 0 Å². The van der Waals surface area contributed by atoms with Gasteiger partial charge in [-0.05, 0) is 25.1 Å². The molecule has 0 saturated heterocycles. The van der Waals surface area contributed by atoms with Gasteiger partial charge in [0.15, 0.2) is 0 Å². The number of hydrogen-bond donors (Lipinski definition) is 2. The highest BCUT2D eigenvalue weighted by Gasteiger charge is 2.11. The average Bonchev–Trinajstić information content (AvgIpc) is 2.39. The van der Waals surface area contributed by atoms with Crippen molar-refractivity contribution in [3.05, 3.63) is 41.7 Å². The third kappa shape index (κ3) is 4.33. The molecule has 0 atom stereocenters. The van der Waals surface area contributed by atoms with Gasteiger partial charge in [0.05, 0.1) is 5.69 Å². The van der Waals surface area contributed by atoms with Crippen molar-refractivity contribution in [1.29, 1.82) is 0 Å². The van der Waals surface area contributed by atoms with Gasteiger partial charge in [0, 0.05) is 10.6 Å².